The van der Waals surface area contributed by atoms with Crippen LogP contribution in [0.4, 0.5) is 5.82 Å². The maximum absolute atomic E-state index is 9.03. The van der Waals surface area contributed by atoms with Crippen LogP contribution in [-0.2, 0) is 6.42 Å². The van der Waals surface area contributed by atoms with Gasteiger partial charge < -0.3 is 5.32 Å². The van der Waals surface area contributed by atoms with E-state index in [-0.39, 0.29) is 0 Å². The number of nitrogens with one attached hydrogen (secondary N) is 1. The lowest BCUT2D eigenvalue weighted by Gasteiger charge is -2.09. The molecule has 4 rings (SSSR count). The zero-order valence-corrected chi connectivity index (χ0v) is 14.3. The van der Waals surface area contributed by atoms with Gasteiger partial charge in [-0.15, -0.1) is 0 Å². The van der Waals surface area contributed by atoms with E-state index in [1.165, 1.54) is 16.7 Å². The lowest BCUT2D eigenvalue weighted by Crippen LogP contribution is -2.07. The number of hydrogen-bond donors (Lipinski definition) is 1. The van der Waals surface area contributed by atoms with Gasteiger partial charge in [0.05, 0.1) is 23.0 Å². The molecular formula is C21H20N4. The minimum Gasteiger partial charge on any atom is -0.370 e. The molecule has 1 aliphatic rings. The summed E-state index contributed by atoms with van der Waals surface area (Å²) < 4.78 is 1.99. The number of aryl methyl sites for hydroxylation is 1. The number of hydrogen-bond acceptors (Lipinski definition) is 3. The lowest BCUT2D eigenvalue weighted by atomic mass is 10.00. The second-order valence-corrected chi connectivity index (χ2v) is 6.45. The average Bonchev–Trinajstić information content (AvgIpc) is 2.83. The molecule has 0 amide bonds. The molecule has 0 bridgehead atoms. The molecule has 1 N–H and O–H groups in total. The van der Waals surface area contributed by atoms with Crippen molar-refractivity contribution in [2.75, 3.05) is 11.9 Å². The zero-order valence-electron chi connectivity index (χ0n) is 14.3. The molecule has 1 aliphatic heterocycles. The van der Waals surface area contributed by atoms with Gasteiger partial charge in [-0.05, 0) is 56.0 Å². The van der Waals surface area contributed by atoms with Gasteiger partial charge in [-0.25, -0.2) is 4.68 Å². The molecule has 2 heterocycles. The van der Waals surface area contributed by atoms with Gasteiger partial charge in [0, 0.05) is 17.7 Å². The van der Waals surface area contributed by atoms with E-state index >= 15 is 0 Å². The van der Waals surface area contributed by atoms with Gasteiger partial charge in [0.2, 0.25) is 0 Å². The van der Waals surface area contributed by atoms with Crippen LogP contribution < -0.4 is 5.32 Å². The van der Waals surface area contributed by atoms with E-state index < -0.39 is 0 Å². The fourth-order valence-corrected chi connectivity index (χ4v) is 3.42. The summed E-state index contributed by atoms with van der Waals surface area (Å²) >= 11 is 0. The Bertz CT molecular complexity index is 945. The molecule has 25 heavy (non-hydrogen) atoms. The Morgan fingerprint density at radius 2 is 1.88 bits per heavy atom. The number of nitriles is 1. The van der Waals surface area contributed by atoms with Crippen molar-refractivity contribution in [3.05, 3.63) is 65.2 Å². The molecule has 0 saturated carbocycles. The predicted octanol–water partition coefficient (Wildman–Crippen LogP) is 4.47. The van der Waals surface area contributed by atoms with E-state index in [0.717, 1.165) is 43.0 Å². The summed E-state index contributed by atoms with van der Waals surface area (Å²) in [5.41, 5.74) is 6.41. The number of nitrogens with zero attached hydrogens (tertiary/aromatic N) is 3. The van der Waals surface area contributed by atoms with Gasteiger partial charge in [-0.1, -0.05) is 24.3 Å². The Balaban J connectivity index is 1.90. The number of rotatable bonds is 2. The van der Waals surface area contributed by atoms with Crippen molar-refractivity contribution in [3.8, 4) is 23.0 Å². The standard InChI is InChI=1S/C21H20N4/c1-15-6-2-3-7-18(15)20-19-8-4-5-13-23-21(19)25(24-20)17-11-9-16(14-22)10-12-17/h2-3,6-7,9-12,23H,4-5,8,13H2,1H3. The minimum absolute atomic E-state index is 0.661. The maximum atomic E-state index is 9.03. The van der Waals surface area contributed by atoms with Gasteiger partial charge in [0.15, 0.2) is 0 Å². The highest BCUT2D eigenvalue weighted by Gasteiger charge is 2.22. The topological polar surface area (TPSA) is 53.6 Å². The van der Waals surface area contributed by atoms with Crippen LogP contribution in [0.3, 0.4) is 0 Å². The number of anilines is 1. The quantitative estimate of drug-likeness (QED) is 0.755. The summed E-state index contributed by atoms with van der Waals surface area (Å²) in [4.78, 5) is 0. The monoisotopic (exact) mass is 328 g/mol. The molecule has 4 heteroatoms. The Morgan fingerprint density at radius 1 is 1.08 bits per heavy atom. The zero-order chi connectivity index (χ0) is 17.2. The van der Waals surface area contributed by atoms with Crippen LogP contribution in [0.15, 0.2) is 48.5 Å². The summed E-state index contributed by atoms with van der Waals surface area (Å²) in [5, 5.41) is 17.6. The van der Waals surface area contributed by atoms with Gasteiger partial charge in [-0.2, -0.15) is 10.4 Å². The molecule has 0 spiro atoms. The maximum Gasteiger partial charge on any atom is 0.133 e. The first kappa shape index (κ1) is 15.5. The van der Waals surface area contributed by atoms with Crippen molar-refractivity contribution in [2.24, 2.45) is 0 Å². The molecule has 3 aromatic rings. The molecule has 0 unspecified atom stereocenters. The number of fused-ring (bicyclic) bond motifs is 1. The highest BCUT2D eigenvalue weighted by Crippen LogP contribution is 2.35. The Kier molecular flexibility index (Phi) is 3.99. The van der Waals surface area contributed by atoms with Gasteiger partial charge in [0.25, 0.3) is 0 Å². The van der Waals surface area contributed by atoms with E-state index in [0.29, 0.717) is 5.56 Å². The minimum atomic E-state index is 0.661. The third kappa shape index (κ3) is 2.78. The van der Waals surface area contributed by atoms with E-state index in [9.17, 15) is 0 Å². The van der Waals surface area contributed by atoms with Gasteiger partial charge in [0.1, 0.15) is 5.82 Å². The first-order valence-electron chi connectivity index (χ1n) is 8.70. The second-order valence-electron chi connectivity index (χ2n) is 6.45. The van der Waals surface area contributed by atoms with E-state index in [1.807, 2.05) is 28.9 Å². The highest BCUT2D eigenvalue weighted by molar-refractivity contribution is 5.73. The molecule has 0 aliphatic carbocycles. The summed E-state index contributed by atoms with van der Waals surface area (Å²) in [6.07, 6.45) is 3.36. The van der Waals surface area contributed by atoms with Crippen LogP contribution in [0.5, 0.6) is 0 Å². The van der Waals surface area contributed by atoms with Crippen LogP contribution in [0.25, 0.3) is 16.9 Å². The largest absolute Gasteiger partial charge is 0.370 e. The first-order valence-corrected chi connectivity index (χ1v) is 8.70. The Morgan fingerprint density at radius 3 is 2.64 bits per heavy atom. The van der Waals surface area contributed by atoms with E-state index in [2.05, 4.69) is 42.6 Å². The average molecular weight is 328 g/mol. The summed E-state index contributed by atoms with van der Waals surface area (Å²) in [6.45, 7) is 3.09. The smallest absolute Gasteiger partial charge is 0.133 e. The number of aromatic nitrogens is 2. The lowest BCUT2D eigenvalue weighted by molar-refractivity contribution is 0.780. The second kappa shape index (κ2) is 6.45. The van der Waals surface area contributed by atoms with Crippen molar-refractivity contribution < 1.29 is 0 Å². The predicted molar refractivity (Wildman–Crippen MR) is 99.9 cm³/mol. The number of benzene rings is 2. The SMILES string of the molecule is Cc1ccccc1-c1nn(-c2ccc(C#N)cc2)c2c1CCCCN2. The van der Waals surface area contributed by atoms with Crippen LogP contribution in [-0.4, -0.2) is 16.3 Å². The molecule has 124 valence electrons. The highest BCUT2D eigenvalue weighted by atomic mass is 15.3. The van der Waals surface area contributed by atoms with Crippen LogP contribution in [0, 0.1) is 18.3 Å². The molecule has 0 radical (unpaired) electrons. The van der Waals surface area contributed by atoms with Crippen molar-refractivity contribution in [3.63, 3.8) is 0 Å². The molecular weight excluding hydrogens is 308 g/mol. The molecule has 2 aromatic carbocycles. The third-order valence-electron chi connectivity index (χ3n) is 4.77. The Labute approximate surface area is 147 Å². The fraction of sp³-hybridized carbons (Fsp3) is 0.238. The summed E-state index contributed by atoms with van der Waals surface area (Å²) in [7, 11) is 0. The van der Waals surface area contributed by atoms with Crippen molar-refractivity contribution in [2.45, 2.75) is 26.2 Å². The van der Waals surface area contributed by atoms with Gasteiger partial charge in [-0.3, -0.25) is 0 Å². The molecule has 0 atom stereocenters. The van der Waals surface area contributed by atoms with Crippen molar-refractivity contribution in [1.29, 1.82) is 5.26 Å². The summed E-state index contributed by atoms with van der Waals surface area (Å²) in [6, 6.07) is 18.2. The first-order chi connectivity index (χ1) is 12.3. The third-order valence-corrected chi connectivity index (χ3v) is 4.77. The van der Waals surface area contributed by atoms with Crippen molar-refractivity contribution in [1.82, 2.24) is 9.78 Å². The van der Waals surface area contributed by atoms with Crippen molar-refractivity contribution >= 4 is 5.82 Å². The van der Waals surface area contributed by atoms with Crippen LogP contribution in [0.1, 0.15) is 29.5 Å². The molecule has 0 saturated heterocycles. The Hall–Kier alpha value is -3.06. The normalized spacial score (nSPS) is 13.4. The van der Waals surface area contributed by atoms with Gasteiger partial charge >= 0.3 is 0 Å². The summed E-state index contributed by atoms with van der Waals surface area (Å²) in [5.74, 6) is 1.08. The van der Waals surface area contributed by atoms with E-state index in [4.69, 9.17) is 10.4 Å². The fourth-order valence-electron chi connectivity index (χ4n) is 3.42. The molecule has 4 nitrogen and oxygen atoms in total. The molecule has 0 fully saturated rings. The van der Waals surface area contributed by atoms with E-state index in [1.54, 1.807) is 0 Å². The molecule has 1 aromatic heterocycles. The van der Waals surface area contributed by atoms with Crippen LogP contribution in [0.2, 0.25) is 0 Å². The van der Waals surface area contributed by atoms with Crippen LogP contribution >= 0.6 is 0 Å².